The summed E-state index contributed by atoms with van der Waals surface area (Å²) in [4.78, 5) is 4.90. The lowest BCUT2D eigenvalue weighted by Gasteiger charge is -2.13. The van der Waals surface area contributed by atoms with Gasteiger partial charge in [-0.25, -0.2) is 0 Å². The molecule has 3 rings (SSSR count). The highest BCUT2D eigenvalue weighted by atomic mass is 15.4. The largest absolute Gasteiger partial charge is 0.297 e. The predicted octanol–water partition coefficient (Wildman–Crippen LogP) is 3.21. The third-order valence-corrected chi connectivity index (χ3v) is 3.47. The van der Waals surface area contributed by atoms with Crippen LogP contribution in [0.2, 0.25) is 0 Å². The maximum absolute atomic E-state index is 4.90. The maximum atomic E-state index is 4.90. The lowest BCUT2D eigenvalue weighted by Crippen LogP contribution is -2.21. The summed E-state index contributed by atoms with van der Waals surface area (Å²) in [5, 5.41) is 6.75. The van der Waals surface area contributed by atoms with Crippen molar-refractivity contribution in [2.75, 3.05) is 13.6 Å². The lowest BCUT2D eigenvalue weighted by molar-refractivity contribution is 0.339. The fourth-order valence-electron chi connectivity index (χ4n) is 2.56. The topological polar surface area (TPSA) is 28.0 Å². The van der Waals surface area contributed by atoms with Gasteiger partial charge in [0.2, 0.25) is 0 Å². The van der Waals surface area contributed by atoms with Crippen LogP contribution >= 0.6 is 0 Å². The van der Waals surface area contributed by atoms with E-state index in [9.17, 15) is 0 Å². The first-order chi connectivity index (χ1) is 10.2. The summed E-state index contributed by atoms with van der Waals surface area (Å²) in [7, 11) is 2.00. The van der Waals surface area contributed by atoms with E-state index in [1.165, 1.54) is 0 Å². The Balaban J connectivity index is 2.14. The van der Waals surface area contributed by atoms with Crippen molar-refractivity contribution in [1.29, 1.82) is 0 Å². The Labute approximate surface area is 125 Å². The average Bonchev–Trinajstić information content (AvgIpc) is 2.67. The molecule has 0 saturated carbocycles. The van der Waals surface area contributed by atoms with Gasteiger partial charge in [0.05, 0.1) is 18.3 Å². The predicted molar refractivity (Wildman–Crippen MR) is 88.1 cm³/mol. The zero-order chi connectivity index (χ0) is 14.7. The highest BCUT2D eigenvalue weighted by Gasteiger charge is 2.20. The van der Waals surface area contributed by atoms with Crippen molar-refractivity contribution in [2.24, 2.45) is 10.1 Å². The fraction of sp³-hybridized carbons (Fsp3) is 0.222. The number of rotatable bonds is 2. The Hall–Kier alpha value is -2.42. The third kappa shape index (κ3) is 3.02. The van der Waals surface area contributed by atoms with E-state index >= 15 is 0 Å². The van der Waals surface area contributed by atoms with Gasteiger partial charge in [0.15, 0.2) is 0 Å². The zero-order valence-electron chi connectivity index (χ0n) is 12.4. The number of aliphatic imine (C=N–C) groups is 1. The van der Waals surface area contributed by atoms with Crippen LogP contribution in [0.15, 0.2) is 70.8 Å². The SMILES string of the molecule is CC1CN(C)N=C(c2ccccc2)C(c2ccccc2)=N1. The number of hydrogen-bond donors (Lipinski definition) is 0. The van der Waals surface area contributed by atoms with Crippen molar-refractivity contribution in [3.8, 4) is 0 Å². The van der Waals surface area contributed by atoms with Gasteiger partial charge in [0.25, 0.3) is 0 Å². The number of nitrogens with zero attached hydrogens (tertiary/aromatic N) is 3. The summed E-state index contributed by atoms with van der Waals surface area (Å²) < 4.78 is 0. The van der Waals surface area contributed by atoms with Gasteiger partial charge in [-0.15, -0.1) is 0 Å². The molecule has 0 saturated heterocycles. The molecule has 0 radical (unpaired) electrons. The van der Waals surface area contributed by atoms with Crippen molar-refractivity contribution in [1.82, 2.24) is 5.01 Å². The molecule has 0 aliphatic carbocycles. The summed E-state index contributed by atoms with van der Waals surface area (Å²) in [6.45, 7) is 2.95. The molecular formula is C18H19N3. The maximum Gasteiger partial charge on any atom is 0.116 e. The Morgan fingerprint density at radius 3 is 1.95 bits per heavy atom. The second kappa shape index (κ2) is 5.92. The minimum Gasteiger partial charge on any atom is -0.297 e. The first-order valence-corrected chi connectivity index (χ1v) is 7.23. The van der Waals surface area contributed by atoms with Gasteiger partial charge < -0.3 is 0 Å². The Kier molecular flexibility index (Phi) is 3.82. The van der Waals surface area contributed by atoms with Crippen LogP contribution in [-0.2, 0) is 0 Å². The first kappa shape index (κ1) is 13.6. The van der Waals surface area contributed by atoms with Crippen molar-refractivity contribution in [3.05, 3.63) is 71.8 Å². The van der Waals surface area contributed by atoms with Crippen molar-refractivity contribution in [3.63, 3.8) is 0 Å². The van der Waals surface area contributed by atoms with Gasteiger partial charge in [-0.1, -0.05) is 60.7 Å². The van der Waals surface area contributed by atoms with Crippen LogP contribution in [0.25, 0.3) is 0 Å². The van der Waals surface area contributed by atoms with Crippen LogP contribution in [0, 0.1) is 0 Å². The van der Waals surface area contributed by atoms with Crippen LogP contribution in [0.3, 0.4) is 0 Å². The molecule has 3 heteroatoms. The van der Waals surface area contributed by atoms with E-state index in [2.05, 4.69) is 31.2 Å². The average molecular weight is 277 g/mol. The zero-order valence-corrected chi connectivity index (χ0v) is 12.4. The van der Waals surface area contributed by atoms with E-state index in [4.69, 9.17) is 10.1 Å². The summed E-state index contributed by atoms with van der Waals surface area (Å²) in [6, 6.07) is 20.8. The molecule has 3 nitrogen and oxygen atoms in total. The monoisotopic (exact) mass is 277 g/mol. The number of benzene rings is 2. The molecule has 0 aromatic heterocycles. The highest BCUT2D eigenvalue weighted by Crippen LogP contribution is 2.15. The van der Waals surface area contributed by atoms with Gasteiger partial charge in [-0.2, -0.15) is 5.10 Å². The molecule has 1 aliphatic heterocycles. The van der Waals surface area contributed by atoms with Gasteiger partial charge in [-0.3, -0.25) is 10.0 Å². The summed E-state index contributed by atoms with van der Waals surface area (Å²) in [5.41, 5.74) is 4.12. The normalized spacial score (nSPS) is 18.8. The van der Waals surface area contributed by atoms with Gasteiger partial charge in [-0.05, 0) is 6.92 Å². The first-order valence-electron chi connectivity index (χ1n) is 7.23. The minimum absolute atomic E-state index is 0.218. The van der Waals surface area contributed by atoms with Gasteiger partial charge >= 0.3 is 0 Å². The van der Waals surface area contributed by atoms with Crippen LogP contribution in [0.1, 0.15) is 18.1 Å². The molecule has 0 fully saturated rings. The number of likely N-dealkylation sites (N-methyl/N-ethyl adjacent to an activating group) is 1. The Morgan fingerprint density at radius 2 is 1.38 bits per heavy atom. The van der Waals surface area contributed by atoms with E-state index in [1.54, 1.807) is 0 Å². The smallest absolute Gasteiger partial charge is 0.116 e. The third-order valence-electron chi connectivity index (χ3n) is 3.47. The van der Waals surface area contributed by atoms with Gasteiger partial charge in [0, 0.05) is 18.2 Å². The number of hydrogen-bond acceptors (Lipinski definition) is 3. The lowest BCUT2D eigenvalue weighted by atomic mass is 9.99. The van der Waals surface area contributed by atoms with Crippen molar-refractivity contribution in [2.45, 2.75) is 13.0 Å². The summed E-state index contributed by atoms with van der Waals surface area (Å²) in [6.07, 6.45) is 0. The molecule has 1 atom stereocenters. The van der Waals surface area contributed by atoms with E-state index in [0.29, 0.717) is 0 Å². The van der Waals surface area contributed by atoms with Crippen molar-refractivity contribution < 1.29 is 0 Å². The number of hydrazone groups is 1. The van der Waals surface area contributed by atoms with Crippen LogP contribution in [0.5, 0.6) is 0 Å². The van der Waals surface area contributed by atoms with E-state index in [-0.39, 0.29) is 6.04 Å². The second-order valence-electron chi connectivity index (χ2n) is 5.35. The second-order valence-corrected chi connectivity index (χ2v) is 5.35. The van der Waals surface area contributed by atoms with E-state index < -0.39 is 0 Å². The molecule has 0 bridgehead atoms. The molecular weight excluding hydrogens is 258 g/mol. The molecule has 21 heavy (non-hydrogen) atoms. The van der Waals surface area contributed by atoms with Crippen LogP contribution < -0.4 is 0 Å². The molecule has 0 amide bonds. The molecule has 2 aromatic rings. The minimum atomic E-state index is 0.218. The standard InChI is InChI=1S/C18H19N3/c1-14-13-21(2)20-18(16-11-7-4-8-12-16)17(19-14)15-9-5-3-6-10-15/h3-12,14H,13H2,1-2H3. The summed E-state index contributed by atoms with van der Waals surface area (Å²) in [5.74, 6) is 0. The fourth-order valence-corrected chi connectivity index (χ4v) is 2.56. The quantitative estimate of drug-likeness (QED) is 0.828. The highest BCUT2D eigenvalue weighted by molar-refractivity contribution is 6.53. The molecule has 106 valence electrons. The molecule has 0 spiro atoms. The summed E-state index contributed by atoms with van der Waals surface area (Å²) >= 11 is 0. The van der Waals surface area contributed by atoms with Crippen molar-refractivity contribution >= 4 is 11.4 Å². The molecule has 2 aromatic carbocycles. The molecule has 0 N–H and O–H groups in total. The molecule has 1 heterocycles. The Bertz CT molecular complexity index is 600. The molecule has 1 unspecified atom stereocenters. The van der Waals surface area contributed by atoms with Crippen LogP contribution in [-0.4, -0.2) is 36.1 Å². The van der Waals surface area contributed by atoms with Gasteiger partial charge in [0.1, 0.15) is 5.71 Å². The van der Waals surface area contributed by atoms with Crippen LogP contribution in [0.4, 0.5) is 0 Å². The van der Waals surface area contributed by atoms with E-state index in [1.807, 2.05) is 48.5 Å². The Morgan fingerprint density at radius 1 is 0.857 bits per heavy atom. The van der Waals surface area contributed by atoms with E-state index in [0.717, 1.165) is 29.1 Å². The molecule has 1 aliphatic rings.